The van der Waals surface area contributed by atoms with Crippen LogP contribution in [-0.4, -0.2) is 200 Å². The zero-order valence-electron chi connectivity index (χ0n) is 73.6. The smallest absolute Gasteiger partial charge is 0.481 e. The summed E-state index contributed by atoms with van der Waals surface area (Å²) in [4.78, 5) is 132. The third kappa shape index (κ3) is 29.7. The Hall–Kier alpha value is -10.7. The molecule has 0 spiro atoms. The van der Waals surface area contributed by atoms with Crippen LogP contribution in [0, 0.1) is 25.7 Å². The van der Waals surface area contributed by atoms with Gasteiger partial charge in [-0.3, -0.25) is 42.9 Å². The van der Waals surface area contributed by atoms with Gasteiger partial charge in [-0.25, -0.2) is 27.1 Å². The molecular weight excluding hydrogens is 1740 g/mol. The van der Waals surface area contributed by atoms with E-state index >= 15 is 8.63 Å². The predicted octanol–water partition coefficient (Wildman–Crippen LogP) is 13.7. The quantitative estimate of drug-likeness (QED) is 0.00247. The molecule has 2 aliphatic rings. The molecule has 4 heterocycles. The fraction of sp³-hybridized carbons (Fsp3) is 0.457. The molecule has 696 valence electrons. The molecule has 0 radical (unpaired) electrons. The van der Waals surface area contributed by atoms with E-state index in [0.717, 1.165) is 77.5 Å². The zero-order chi connectivity index (χ0) is 93.5. The third-order valence-corrected chi connectivity index (χ3v) is 27.9. The normalized spacial score (nSPS) is 14.3. The minimum atomic E-state index is -5.11. The monoisotopic (exact) mass is 1860 g/mol. The summed E-state index contributed by atoms with van der Waals surface area (Å²) in [6.45, 7) is 10.1. The number of halogens is 2. The summed E-state index contributed by atoms with van der Waals surface area (Å²) in [7, 11) is -7.34. The number of sulfonamides is 1. The lowest BCUT2D eigenvalue weighted by molar-refractivity contribution is -0.362. The van der Waals surface area contributed by atoms with Gasteiger partial charge >= 0.3 is 42.1 Å². The molecule has 0 saturated heterocycles. The van der Waals surface area contributed by atoms with Crippen molar-refractivity contribution in [3.63, 3.8) is 0 Å². The number of hydrogen-bond donors (Lipinski definition) is 10. The van der Waals surface area contributed by atoms with Crippen LogP contribution < -0.4 is 41.1 Å². The number of nitrogens with zero attached hydrogens (tertiary/aromatic N) is 4. The number of Topliss-reactive ketones (excluding diaryl/α,β-unsaturated/α-hetero) is 3. The van der Waals surface area contributed by atoms with Gasteiger partial charge in [-0.15, -0.1) is 0 Å². The van der Waals surface area contributed by atoms with E-state index < -0.39 is 116 Å². The lowest BCUT2D eigenvalue weighted by Crippen LogP contribution is -2.50. The Labute approximate surface area is 759 Å². The maximum atomic E-state index is 16.2. The number of aryl methyl sites for hydroxylation is 2. The molecule has 10 N–H and O–H groups in total. The van der Waals surface area contributed by atoms with Crippen LogP contribution in [0.5, 0.6) is 0 Å². The van der Waals surface area contributed by atoms with Crippen LogP contribution in [0.3, 0.4) is 0 Å². The first kappa shape index (κ1) is 102. The standard InChI is InChI=1S/C92H117BF2N10O20S4/c1-7-102(8-2)68-34-39-73-82(55-68)125-83-56-69(103(9-3)10-4)35-40-74(83)89(73)75-41-38-72(57-84(75)129(121,122)123)128(119,120)98-47-48-126-127-59-66(90(114)115)53-81(109)76(30-23-24-46-96-85(110)43-36-67-32-33-70-54-79-61(5)49-62(6)104(79)93(94,95)105(67)70)97-58-65(50-63-25-17-15-18-26-63)52-80(108)78(51-64-27-19-16-20-28-64)99-86(111)31-22-14-12-11-13-21-29-71(107)37-42-77(91(116)117)100-92(118)101-87(124-60-106)44-45-88(112)113/h15-20,25-28,32-35,38-41,49,54-57,60,65-66,76-78,87,97-98H,7-14,21-24,29-31,36-37,42-48,50-53,58-59H2,1-6H3,(H7-,96,99,100,101,110,111,112,113,114,115,116,117,118,121,122,123)/p+1/t65-,66?,76?,77+,78+,87-/m1/s1. The average Bonchev–Trinajstić information content (AvgIpc) is 1.68. The molecule has 2 aromatic heterocycles. The van der Waals surface area contributed by atoms with Gasteiger partial charge in [-0.05, 0) is 170 Å². The Morgan fingerprint density at radius 3 is 1.84 bits per heavy atom. The van der Waals surface area contributed by atoms with Crippen molar-refractivity contribution in [2.75, 3.05) is 67.1 Å². The van der Waals surface area contributed by atoms with E-state index in [1.54, 1.807) is 38.1 Å². The number of carbonyl (C=O) groups is 10. The number of nitrogens with one attached hydrogen (secondary N) is 6. The van der Waals surface area contributed by atoms with Gasteiger partial charge in [0.25, 0.3) is 16.6 Å². The van der Waals surface area contributed by atoms with Gasteiger partial charge in [0.15, 0.2) is 23.5 Å². The van der Waals surface area contributed by atoms with Gasteiger partial charge in [0.05, 0.1) is 52.2 Å². The zero-order valence-corrected chi connectivity index (χ0v) is 76.9. The number of unbranched alkanes of at least 4 members (excludes halogenated alkanes) is 6. The Balaban J connectivity index is 0.829. The Morgan fingerprint density at radius 1 is 0.620 bits per heavy atom. The van der Waals surface area contributed by atoms with E-state index in [-0.39, 0.29) is 131 Å². The van der Waals surface area contributed by atoms with Crippen LogP contribution in [0.4, 0.5) is 24.8 Å². The molecular formula is C92H118BF2N10O20S4+. The minimum Gasteiger partial charge on any atom is -0.481 e. The molecule has 0 fully saturated rings. The number of carboxylic acids is 3. The number of hydrogen-bond acceptors (Lipinski definition) is 20. The molecule has 129 heavy (non-hydrogen) atoms. The number of amides is 4. The highest BCUT2D eigenvalue weighted by molar-refractivity contribution is 8.76. The molecule has 2 unspecified atom stereocenters. The second-order valence-electron chi connectivity index (χ2n) is 32.3. The fourth-order valence-corrected chi connectivity index (χ4v) is 20.5. The van der Waals surface area contributed by atoms with Crippen molar-refractivity contribution in [3.8, 4) is 11.1 Å². The van der Waals surface area contributed by atoms with Crippen molar-refractivity contribution < 1.29 is 107 Å². The van der Waals surface area contributed by atoms with E-state index in [1.807, 2.05) is 125 Å². The molecule has 0 bridgehead atoms. The largest absolute Gasteiger partial charge is 0.737 e. The predicted molar refractivity (Wildman–Crippen MR) is 496 cm³/mol. The van der Waals surface area contributed by atoms with Crippen molar-refractivity contribution in [2.24, 2.45) is 11.8 Å². The van der Waals surface area contributed by atoms with Crippen LogP contribution in [0.15, 0.2) is 153 Å². The van der Waals surface area contributed by atoms with E-state index in [2.05, 4.69) is 45.8 Å². The van der Waals surface area contributed by atoms with Crippen molar-refractivity contribution in [2.45, 2.75) is 211 Å². The number of fused-ring (bicyclic) bond motifs is 4. The first-order chi connectivity index (χ1) is 61.7. The summed E-state index contributed by atoms with van der Waals surface area (Å²) in [5, 5.41) is 44.1. The maximum absolute atomic E-state index is 16.2. The Bertz CT molecular complexity index is 5400. The number of carbonyl (C=O) groups excluding carboxylic acids is 7. The van der Waals surface area contributed by atoms with Crippen molar-refractivity contribution in [1.29, 1.82) is 0 Å². The highest BCUT2D eigenvalue weighted by Gasteiger charge is 2.52. The molecule has 5 aromatic carbocycles. The lowest BCUT2D eigenvalue weighted by atomic mass is 9.89. The molecule has 0 saturated carbocycles. The summed E-state index contributed by atoms with van der Waals surface area (Å²) in [6.07, 6.45) is 7.37. The van der Waals surface area contributed by atoms with E-state index in [1.165, 1.54) is 12.1 Å². The second-order valence-corrected chi connectivity index (χ2v) is 38.1. The Kier molecular flexibility index (Phi) is 39.0. The summed E-state index contributed by atoms with van der Waals surface area (Å²) >= 11 is 0. The molecule has 4 amide bonds. The highest BCUT2D eigenvalue weighted by atomic mass is 33.1. The second kappa shape index (κ2) is 49.4. The number of ether oxygens (including phenoxy) is 1. The number of urea groups is 1. The van der Waals surface area contributed by atoms with Gasteiger partial charge in [-0.2, -0.15) is 8.42 Å². The molecule has 2 aliphatic heterocycles. The Morgan fingerprint density at radius 2 is 1.24 bits per heavy atom. The minimum absolute atomic E-state index is 0.0152. The highest BCUT2D eigenvalue weighted by Crippen LogP contribution is 2.43. The summed E-state index contributed by atoms with van der Waals surface area (Å²) in [6, 6.07) is 30.5. The first-order valence-corrected chi connectivity index (χ1v) is 49.3. The third-order valence-electron chi connectivity index (χ3n) is 23.1. The summed E-state index contributed by atoms with van der Waals surface area (Å²) in [5.74, 6) is -7.31. The van der Waals surface area contributed by atoms with E-state index in [4.69, 9.17) is 9.52 Å². The van der Waals surface area contributed by atoms with Crippen LogP contribution >= 0.6 is 21.6 Å². The number of ketones is 3. The molecule has 7 aromatic rings. The van der Waals surface area contributed by atoms with Gasteiger partial charge in [0.1, 0.15) is 22.4 Å². The van der Waals surface area contributed by atoms with Crippen LogP contribution in [0.2, 0.25) is 0 Å². The van der Waals surface area contributed by atoms with E-state index in [9.17, 15) is 79.5 Å². The number of benzene rings is 5. The molecule has 0 aliphatic carbocycles. The lowest BCUT2D eigenvalue weighted by Gasteiger charge is -2.30. The summed E-state index contributed by atoms with van der Waals surface area (Å²) < 4.78 is 114. The number of anilines is 2. The van der Waals surface area contributed by atoms with Crippen molar-refractivity contribution in [1.82, 2.24) is 35.8 Å². The van der Waals surface area contributed by atoms with Gasteiger partial charge in [-0.1, -0.05) is 114 Å². The molecule has 9 rings (SSSR count). The fourth-order valence-electron chi connectivity index (χ4n) is 16.3. The van der Waals surface area contributed by atoms with Crippen LogP contribution in [-0.2, 0) is 80.9 Å². The molecule has 37 heteroatoms. The number of aliphatic carboxylic acids is 3. The molecule has 30 nitrogen and oxygen atoms in total. The van der Waals surface area contributed by atoms with Gasteiger partial charge < -0.3 is 74.0 Å². The number of rotatable bonds is 59. The number of carboxylic acid groups (broad SMARTS) is 3. The van der Waals surface area contributed by atoms with Gasteiger partial charge in [0.2, 0.25) is 21.8 Å². The van der Waals surface area contributed by atoms with Crippen molar-refractivity contribution in [3.05, 3.63) is 167 Å². The van der Waals surface area contributed by atoms with Crippen molar-refractivity contribution >= 4 is 153 Å². The topological polar surface area (TPSA) is 427 Å². The van der Waals surface area contributed by atoms with E-state index in [0.29, 0.717) is 121 Å². The molecule has 6 atom stereocenters. The van der Waals surface area contributed by atoms with Gasteiger partial charge in [0, 0.05) is 149 Å². The summed E-state index contributed by atoms with van der Waals surface area (Å²) in [5.41, 5.74) is 6.85. The maximum Gasteiger partial charge on any atom is 0.737 e. The average molecular weight is 1860 g/mol. The number of aromatic nitrogens is 1. The van der Waals surface area contributed by atoms with Crippen LogP contribution in [0.25, 0.3) is 39.1 Å². The van der Waals surface area contributed by atoms with Crippen LogP contribution in [0.1, 0.15) is 178 Å². The number of allylic oxidation sites excluding steroid dienone is 2. The first-order valence-electron chi connectivity index (χ1n) is 43.9. The SMILES string of the molecule is CCN(CC)c1ccc2c(-c3ccc(S(=O)(=O)NCCSSCC(CC(=O)C(CCCCNC(=O)CCC4=[N+]5C(=Cc6c(C)cc(C)n6[B-]5(F)F)C=C4)NC[C@@H](CC(=O)[C@H](Cc4ccccc4)NC(=O)CCCCCCCCC(=O)CC[C@H](NC(=O)N[C@@H](CCC(=O)O)OC=O)C(=O)O)Cc4ccccc4)C(=O)O)cc3S(=O)(=O)O)c3ccc(N(CC)CC)cc3[o+]c2c1.